The van der Waals surface area contributed by atoms with Gasteiger partial charge < -0.3 is 19.9 Å². The van der Waals surface area contributed by atoms with Crippen molar-refractivity contribution in [1.82, 2.24) is 19.9 Å². The quantitative estimate of drug-likeness (QED) is 0.572. The molecular formula is C26H30FN5O3. The molecule has 35 heavy (non-hydrogen) atoms. The monoisotopic (exact) mass is 479 g/mol. The number of nitrogens with one attached hydrogen (secondary N) is 2. The van der Waals surface area contributed by atoms with Crippen molar-refractivity contribution in [3.8, 4) is 0 Å². The number of amides is 1. The number of carbonyl (C=O) groups is 1. The third-order valence-electron chi connectivity index (χ3n) is 6.66. The lowest BCUT2D eigenvalue weighted by molar-refractivity contribution is -0.0586. The molecule has 1 saturated carbocycles. The average molecular weight is 480 g/mol. The number of rotatable bonds is 5. The Hall–Kier alpha value is -3.33. The number of aromatic nitrogens is 3. The van der Waals surface area contributed by atoms with Crippen molar-refractivity contribution in [2.24, 2.45) is 0 Å². The largest absolute Gasteiger partial charge is 0.372 e. The number of ether oxygens (including phenoxy) is 1. The zero-order valence-corrected chi connectivity index (χ0v) is 20.4. The molecule has 9 heteroatoms. The van der Waals surface area contributed by atoms with E-state index < -0.39 is 5.82 Å². The van der Waals surface area contributed by atoms with Gasteiger partial charge >= 0.3 is 0 Å². The van der Waals surface area contributed by atoms with Gasteiger partial charge in [-0.3, -0.25) is 9.59 Å². The van der Waals surface area contributed by atoms with E-state index in [9.17, 15) is 9.59 Å². The van der Waals surface area contributed by atoms with Crippen LogP contribution in [-0.4, -0.2) is 51.1 Å². The van der Waals surface area contributed by atoms with Gasteiger partial charge in [0.15, 0.2) is 11.6 Å². The van der Waals surface area contributed by atoms with Crippen LogP contribution < -0.4 is 10.9 Å². The van der Waals surface area contributed by atoms with Crippen LogP contribution in [-0.2, 0) is 4.74 Å². The molecule has 0 unspecified atom stereocenters. The van der Waals surface area contributed by atoms with Crippen molar-refractivity contribution in [3.05, 3.63) is 63.1 Å². The van der Waals surface area contributed by atoms with Gasteiger partial charge in [-0.05, 0) is 75.8 Å². The van der Waals surface area contributed by atoms with E-state index in [-0.39, 0.29) is 41.1 Å². The standard InChI is InChI=1S/C26H30FN5O3/c1-13-11-32(12-14(2)35-13)26(34)18-7-22(27)24(28-10-18)29-15(3)19-8-21-23(9-20(19)17-5-6-17)30-16(4)31-25(21)33/h7-10,13-15,17H,5-6,11-12H2,1-4H3,(H,28,29)(H,30,31,33)/t13-,14+,15-/m0/s1. The summed E-state index contributed by atoms with van der Waals surface area (Å²) < 4.78 is 20.7. The van der Waals surface area contributed by atoms with Gasteiger partial charge in [0.1, 0.15) is 5.82 Å². The zero-order chi connectivity index (χ0) is 24.9. The summed E-state index contributed by atoms with van der Waals surface area (Å²) in [6.45, 7) is 8.43. The Morgan fingerprint density at radius 1 is 1.23 bits per heavy atom. The number of morpholine rings is 1. The minimum absolute atomic E-state index is 0.0653. The maximum atomic E-state index is 15.1. The number of H-pyrrole nitrogens is 1. The smallest absolute Gasteiger partial charge is 0.258 e. The van der Waals surface area contributed by atoms with E-state index >= 15 is 4.39 Å². The van der Waals surface area contributed by atoms with Crippen molar-refractivity contribution >= 4 is 22.6 Å². The highest BCUT2D eigenvalue weighted by Crippen LogP contribution is 2.44. The number of anilines is 1. The van der Waals surface area contributed by atoms with E-state index in [0.717, 1.165) is 24.0 Å². The highest BCUT2D eigenvalue weighted by Gasteiger charge is 2.30. The number of aryl methyl sites for hydroxylation is 1. The van der Waals surface area contributed by atoms with Gasteiger partial charge in [0.25, 0.3) is 11.5 Å². The van der Waals surface area contributed by atoms with Crippen molar-refractivity contribution in [1.29, 1.82) is 0 Å². The second-order valence-electron chi connectivity index (χ2n) is 9.81. The summed E-state index contributed by atoms with van der Waals surface area (Å²) >= 11 is 0. The van der Waals surface area contributed by atoms with E-state index in [1.165, 1.54) is 12.3 Å². The third-order valence-corrected chi connectivity index (χ3v) is 6.66. The van der Waals surface area contributed by atoms with Gasteiger partial charge in [0.2, 0.25) is 0 Å². The normalized spacial score (nSPS) is 21.2. The van der Waals surface area contributed by atoms with Crippen LogP contribution in [0, 0.1) is 12.7 Å². The Morgan fingerprint density at radius 3 is 2.60 bits per heavy atom. The summed E-state index contributed by atoms with van der Waals surface area (Å²) in [5.74, 6) is 0.197. The number of hydrogen-bond acceptors (Lipinski definition) is 6. The fraction of sp³-hybridized carbons (Fsp3) is 0.462. The number of aromatic amines is 1. The van der Waals surface area contributed by atoms with E-state index in [4.69, 9.17) is 4.74 Å². The predicted octanol–water partition coefficient (Wildman–Crippen LogP) is 4.07. The molecule has 2 aliphatic rings. The first kappa shape index (κ1) is 23.4. The number of carbonyl (C=O) groups excluding carboxylic acids is 1. The predicted molar refractivity (Wildman–Crippen MR) is 131 cm³/mol. The van der Waals surface area contributed by atoms with Crippen LogP contribution in [0.25, 0.3) is 10.9 Å². The fourth-order valence-electron chi connectivity index (χ4n) is 4.93. The summed E-state index contributed by atoms with van der Waals surface area (Å²) in [6, 6.07) is 4.76. The SMILES string of the molecule is Cc1nc2cc(C3CC3)c([C@H](C)Nc3ncc(C(=O)N4C[C@@H](C)O[C@@H](C)C4)cc3F)cc2c(=O)[nH]1. The summed E-state index contributed by atoms with van der Waals surface area (Å²) in [5.41, 5.74) is 2.73. The molecule has 2 aromatic heterocycles. The highest BCUT2D eigenvalue weighted by molar-refractivity contribution is 5.94. The zero-order valence-electron chi connectivity index (χ0n) is 20.4. The van der Waals surface area contributed by atoms with E-state index in [1.807, 2.05) is 32.9 Å². The number of nitrogens with zero attached hydrogens (tertiary/aromatic N) is 3. The Labute approximate surface area is 202 Å². The van der Waals surface area contributed by atoms with Crippen LogP contribution in [0.2, 0.25) is 0 Å². The lowest BCUT2D eigenvalue weighted by Gasteiger charge is -2.35. The second kappa shape index (κ2) is 9.03. The molecule has 1 saturated heterocycles. The highest BCUT2D eigenvalue weighted by atomic mass is 19.1. The van der Waals surface area contributed by atoms with Gasteiger partial charge in [-0.15, -0.1) is 0 Å². The lowest BCUT2D eigenvalue weighted by atomic mass is 9.95. The molecule has 1 aromatic carbocycles. The number of pyridine rings is 1. The topological polar surface area (TPSA) is 100 Å². The van der Waals surface area contributed by atoms with E-state index in [2.05, 4.69) is 20.3 Å². The van der Waals surface area contributed by atoms with Crippen molar-refractivity contribution in [2.45, 2.75) is 64.7 Å². The Kier molecular flexibility index (Phi) is 6.04. The minimum Gasteiger partial charge on any atom is -0.372 e. The van der Waals surface area contributed by atoms with Crippen LogP contribution in [0.3, 0.4) is 0 Å². The number of hydrogen-bond donors (Lipinski definition) is 2. The molecule has 2 N–H and O–H groups in total. The molecule has 0 bridgehead atoms. The molecule has 1 aliphatic carbocycles. The first-order chi connectivity index (χ1) is 16.7. The maximum Gasteiger partial charge on any atom is 0.258 e. The first-order valence-electron chi connectivity index (χ1n) is 12.1. The van der Waals surface area contributed by atoms with Crippen molar-refractivity contribution < 1.29 is 13.9 Å². The third kappa shape index (κ3) is 4.77. The van der Waals surface area contributed by atoms with Crippen LogP contribution in [0.4, 0.5) is 10.2 Å². The molecule has 2 fully saturated rings. The van der Waals surface area contributed by atoms with Crippen LogP contribution in [0.15, 0.2) is 29.2 Å². The first-order valence-corrected chi connectivity index (χ1v) is 12.1. The second-order valence-corrected chi connectivity index (χ2v) is 9.81. The summed E-state index contributed by atoms with van der Waals surface area (Å²) in [4.78, 5) is 38.6. The van der Waals surface area contributed by atoms with Crippen molar-refractivity contribution in [3.63, 3.8) is 0 Å². The fourth-order valence-corrected chi connectivity index (χ4v) is 4.93. The molecule has 3 heterocycles. The van der Waals surface area contributed by atoms with E-state index in [1.54, 1.807) is 11.8 Å². The lowest BCUT2D eigenvalue weighted by Crippen LogP contribution is -2.48. The molecule has 3 atom stereocenters. The van der Waals surface area contributed by atoms with Gasteiger partial charge in [0, 0.05) is 19.3 Å². The van der Waals surface area contributed by atoms with Gasteiger partial charge in [-0.2, -0.15) is 0 Å². The molecule has 1 aliphatic heterocycles. The Morgan fingerprint density at radius 2 is 1.94 bits per heavy atom. The average Bonchev–Trinajstić information content (AvgIpc) is 3.64. The maximum absolute atomic E-state index is 15.1. The number of halogens is 1. The molecule has 3 aromatic rings. The molecule has 0 radical (unpaired) electrons. The van der Waals surface area contributed by atoms with E-state index in [0.29, 0.717) is 35.7 Å². The molecular weight excluding hydrogens is 449 g/mol. The minimum atomic E-state index is -0.596. The summed E-state index contributed by atoms with van der Waals surface area (Å²) in [7, 11) is 0. The molecule has 1 amide bonds. The van der Waals surface area contributed by atoms with Crippen LogP contribution in [0.5, 0.6) is 0 Å². The number of benzene rings is 1. The van der Waals surface area contributed by atoms with Gasteiger partial charge in [-0.25, -0.2) is 14.4 Å². The van der Waals surface area contributed by atoms with Gasteiger partial charge in [-0.1, -0.05) is 0 Å². The molecule has 184 valence electrons. The van der Waals surface area contributed by atoms with Crippen LogP contribution in [0.1, 0.15) is 72.9 Å². The van der Waals surface area contributed by atoms with Crippen LogP contribution >= 0.6 is 0 Å². The number of fused-ring (bicyclic) bond motifs is 1. The summed E-state index contributed by atoms with van der Waals surface area (Å²) in [5, 5.41) is 3.65. The summed E-state index contributed by atoms with van der Waals surface area (Å²) in [6.07, 6.45) is 3.42. The molecule has 0 spiro atoms. The Balaban J connectivity index is 1.40. The van der Waals surface area contributed by atoms with Gasteiger partial charge in [0.05, 0.1) is 34.7 Å². The molecule has 8 nitrogen and oxygen atoms in total. The van der Waals surface area contributed by atoms with Crippen molar-refractivity contribution in [2.75, 3.05) is 18.4 Å². The Bertz CT molecular complexity index is 1340. The molecule has 5 rings (SSSR count).